The number of morpholine rings is 1. The molecule has 0 bridgehead atoms. The molecule has 8 heteroatoms. The van der Waals surface area contributed by atoms with Crippen LogP contribution in [0.3, 0.4) is 0 Å². The molecule has 1 aromatic rings. The largest absolute Gasteiger partial charge is 0.469 e. The zero-order chi connectivity index (χ0) is 21.6. The van der Waals surface area contributed by atoms with Crippen LogP contribution in [0, 0.1) is 5.92 Å². The number of fused-ring (bicyclic) bond motifs is 1. The number of nitrogens with zero attached hydrogens (tertiary/aromatic N) is 4. The third kappa shape index (κ3) is 7.08. The van der Waals surface area contributed by atoms with Crippen molar-refractivity contribution in [2.45, 2.75) is 57.0 Å². The van der Waals surface area contributed by atoms with Crippen molar-refractivity contribution in [3.05, 3.63) is 24.2 Å². The predicted octanol–water partition coefficient (Wildman–Crippen LogP) is 3.06. The highest BCUT2D eigenvalue weighted by atomic mass is 127. The van der Waals surface area contributed by atoms with Gasteiger partial charge in [0.15, 0.2) is 5.96 Å². The third-order valence-corrected chi connectivity index (χ3v) is 7.66. The van der Waals surface area contributed by atoms with Gasteiger partial charge in [-0.05, 0) is 63.1 Å². The maximum absolute atomic E-state index is 5.52. The molecule has 186 valence electrons. The van der Waals surface area contributed by atoms with Gasteiger partial charge in [0, 0.05) is 64.3 Å². The summed E-state index contributed by atoms with van der Waals surface area (Å²) in [5.74, 6) is 2.94. The number of aliphatic imine (C=N–C) groups is 1. The molecular formula is C25H42IN5O2. The van der Waals surface area contributed by atoms with Gasteiger partial charge in [0.25, 0.3) is 0 Å². The van der Waals surface area contributed by atoms with Gasteiger partial charge in [-0.15, -0.1) is 24.0 Å². The van der Waals surface area contributed by atoms with Gasteiger partial charge in [0.1, 0.15) is 5.76 Å². The van der Waals surface area contributed by atoms with E-state index < -0.39 is 0 Å². The molecule has 0 amide bonds. The summed E-state index contributed by atoms with van der Waals surface area (Å²) in [4.78, 5) is 13.0. The van der Waals surface area contributed by atoms with Gasteiger partial charge in [0.05, 0.1) is 19.5 Å². The minimum atomic E-state index is 0. The van der Waals surface area contributed by atoms with Gasteiger partial charge in [0.2, 0.25) is 0 Å². The van der Waals surface area contributed by atoms with Crippen LogP contribution in [0.5, 0.6) is 0 Å². The SMILES string of the molecule is I.c1coc(CCNC(=NCCCN2CCOCC2)N2CCC3C(CCCN3C3CC3)C2)c1. The zero-order valence-corrected chi connectivity index (χ0v) is 22.3. The highest BCUT2D eigenvalue weighted by Crippen LogP contribution is 2.38. The van der Waals surface area contributed by atoms with E-state index in [2.05, 4.69) is 26.1 Å². The van der Waals surface area contributed by atoms with Gasteiger partial charge in [-0.25, -0.2) is 0 Å². The summed E-state index contributed by atoms with van der Waals surface area (Å²) in [5.41, 5.74) is 0. The fourth-order valence-electron chi connectivity index (χ4n) is 5.82. The van der Waals surface area contributed by atoms with E-state index in [0.29, 0.717) is 0 Å². The fourth-order valence-corrected chi connectivity index (χ4v) is 5.82. The van der Waals surface area contributed by atoms with E-state index in [0.717, 1.165) is 102 Å². The lowest BCUT2D eigenvalue weighted by Crippen LogP contribution is -2.57. The first-order valence-corrected chi connectivity index (χ1v) is 13.0. The van der Waals surface area contributed by atoms with Crippen LogP contribution >= 0.6 is 24.0 Å². The predicted molar refractivity (Wildman–Crippen MR) is 142 cm³/mol. The van der Waals surface area contributed by atoms with E-state index in [1.165, 1.54) is 38.6 Å². The van der Waals surface area contributed by atoms with Crippen LogP contribution in [0.1, 0.15) is 44.3 Å². The van der Waals surface area contributed by atoms with Crippen LogP contribution in [0.15, 0.2) is 27.8 Å². The van der Waals surface area contributed by atoms with E-state index in [4.69, 9.17) is 14.1 Å². The molecule has 3 aliphatic heterocycles. The van der Waals surface area contributed by atoms with Crippen molar-refractivity contribution >= 4 is 29.9 Å². The summed E-state index contributed by atoms with van der Waals surface area (Å²) >= 11 is 0. The lowest BCUT2D eigenvalue weighted by Gasteiger charge is -2.48. The Hall–Kier alpha value is -0.840. The quantitative estimate of drug-likeness (QED) is 0.224. The van der Waals surface area contributed by atoms with Crippen molar-refractivity contribution < 1.29 is 9.15 Å². The highest BCUT2D eigenvalue weighted by Gasteiger charge is 2.42. The van der Waals surface area contributed by atoms with Gasteiger partial charge in [-0.3, -0.25) is 14.8 Å². The molecule has 2 atom stereocenters. The van der Waals surface area contributed by atoms with Crippen molar-refractivity contribution in [3.8, 4) is 0 Å². The first-order chi connectivity index (χ1) is 15.9. The van der Waals surface area contributed by atoms with Crippen LogP contribution in [-0.4, -0.2) is 98.3 Å². The van der Waals surface area contributed by atoms with E-state index in [1.54, 1.807) is 6.26 Å². The Labute approximate surface area is 216 Å². The maximum Gasteiger partial charge on any atom is 0.193 e. The maximum atomic E-state index is 5.52. The van der Waals surface area contributed by atoms with Crippen molar-refractivity contribution in [2.75, 3.05) is 65.6 Å². The van der Waals surface area contributed by atoms with Gasteiger partial charge >= 0.3 is 0 Å². The number of furan rings is 1. The summed E-state index contributed by atoms with van der Waals surface area (Å²) in [5, 5.41) is 3.68. The number of piperidine rings is 2. The Morgan fingerprint density at radius 2 is 1.97 bits per heavy atom. The van der Waals surface area contributed by atoms with Crippen LogP contribution in [-0.2, 0) is 11.2 Å². The van der Waals surface area contributed by atoms with Gasteiger partial charge in [-0.2, -0.15) is 0 Å². The summed E-state index contributed by atoms with van der Waals surface area (Å²) in [6.45, 7) is 10.4. The topological polar surface area (TPSA) is 56.5 Å². The molecule has 4 fully saturated rings. The molecule has 7 nitrogen and oxygen atoms in total. The molecule has 1 aromatic heterocycles. The Morgan fingerprint density at radius 3 is 2.76 bits per heavy atom. The molecular weight excluding hydrogens is 529 g/mol. The first kappa shape index (κ1) is 25.3. The normalized spacial score (nSPS) is 27.2. The molecule has 1 N–H and O–H groups in total. The van der Waals surface area contributed by atoms with Gasteiger partial charge in [-0.1, -0.05) is 0 Å². The van der Waals surface area contributed by atoms with Crippen molar-refractivity contribution in [3.63, 3.8) is 0 Å². The molecule has 1 aliphatic carbocycles. The number of halogens is 1. The Kier molecular flexibility index (Phi) is 9.75. The zero-order valence-electron chi connectivity index (χ0n) is 20.0. The monoisotopic (exact) mass is 571 g/mol. The minimum absolute atomic E-state index is 0. The van der Waals surface area contributed by atoms with E-state index in [9.17, 15) is 0 Å². The Morgan fingerprint density at radius 1 is 1.09 bits per heavy atom. The van der Waals surface area contributed by atoms with Crippen molar-refractivity contribution in [2.24, 2.45) is 10.9 Å². The summed E-state index contributed by atoms with van der Waals surface area (Å²) < 4.78 is 11.0. The Balaban J connectivity index is 0.00000259. The average Bonchev–Trinajstić information content (AvgIpc) is 3.56. The van der Waals surface area contributed by atoms with Gasteiger partial charge < -0.3 is 19.4 Å². The number of rotatable bonds is 8. The van der Waals surface area contributed by atoms with Crippen LogP contribution in [0.25, 0.3) is 0 Å². The summed E-state index contributed by atoms with van der Waals surface area (Å²) in [6.07, 6.45) is 10.6. The number of hydrogen-bond donors (Lipinski definition) is 1. The van der Waals surface area contributed by atoms with Crippen LogP contribution in [0.2, 0.25) is 0 Å². The molecule has 0 radical (unpaired) electrons. The lowest BCUT2D eigenvalue weighted by molar-refractivity contribution is 0.0365. The second kappa shape index (κ2) is 12.7. The molecule has 5 rings (SSSR count). The molecule has 33 heavy (non-hydrogen) atoms. The number of hydrogen-bond acceptors (Lipinski definition) is 5. The molecule has 4 heterocycles. The summed E-state index contributed by atoms with van der Waals surface area (Å²) in [6, 6.07) is 5.73. The molecule has 4 aliphatic rings. The number of guanidine groups is 1. The molecule has 1 saturated carbocycles. The van der Waals surface area contributed by atoms with E-state index in [1.807, 2.05) is 6.07 Å². The second-order valence-electron chi connectivity index (χ2n) is 9.94. The van der Waals surface area contributed by atoms with Crippen molar-refractivity contribution in [1.82, 2.24) is 20.0 Å². The van der Waals surface area contributed by atoms with Crippen LogP contribution in [0.4, 0.5) is 0 Å². The summed E-state index contributed by atoms with van der Waals surface area (Å²) in [7, 11) is 0. The smallest absolute Gasteiger partial charge is 0.193 e. The Bertz CT molecular complexity index is 720. The van der Waals surface area contributed by atoms with Crippen molar-refractivity contribution in [1.29, 1.82) is 0 Å². The standard InChI is InChI=1S/C25H41N5O2.HI/c1-4-21-20-29(14-9-24(21)30(13-1)22-6-7-22)25(27-11-8-23-5-2-17-32-23)26-10-3-12-28-15-18-31-19-16-28;/h2,5,17,21-22,24H,1,3-4,6-16,18-20H2,(H,26,27);1H. The lowest BCUT2D eigenvalue weighted by atomic mass is 9.83. The molecule has 0 spiro atoms. The third-order valence-electron chi connectivity index (χ3n) is 7.66. The average molecular weight is 572 g/mol. The number of nitrogens with one attached hydrogen (secondary N) is 1. The molecule has 0 aromatic carbocycles. The van der Waals surface area contributed by atoms with Crippen LogP contribution < -0.4 is 5.32 Å². The van der Waals surface area contributed by atoms with E-state index in [-0.39, 0.29) is 24.0 Å². The second-order valence-corrected chi connectivity index (χ2v) is 9.94. The number of likely N-dealkylation sites (tertiary alicyclic amines) is 2. The first-order valence-electron chi connectivity index (χ1n) is 13.0. The molecule has 3 saturated heterocycles. The fraction of sp³-hybridized carbons (Fsp3) is 0.800. The van der Waals surface area contributed by atoms with E-state index >= 15 is 0 Å². The number of ether oxygens (including phenoxy) is 1. The minimum Gasteiger partial charge on any atom is -0.469 e. The molecule has 2 unspecified atom stereocenters. The highest BCUT2D eigenvalue weighted by molar-refractivity contribution is 14.0.